The fourth-order valence-electron chi connectivity index (χ4n) is 2.95. The third kappa shape index (κ3) is 3.56. The molecule has 13 nitrogen and oxygen atoms in total. The highest BCUT2D eigenvalue weighted by molar-refractivity contribution is 8.00. The van der Waals surface area contributed by atoms with Gasteiger partial charge in [0.1, 0.15) is 17.1 Å². The number of nitrogens with zero attached hydrogens (tertiary/aromatic N) is 4. The van der Waals surface area contributed by atoms with Crippen LogP contribution in [0.1, 0.15) is 12.2 Å². The zero-order valence-corrected chi connectivity index (χ0v) is 16.6. The molecule has 4 rings (SSSR count). The number of nitrogens with one attached hydrogen (secondary N) is 1. The van der Waals surface area contributed by atoms with E-state index < -0.39 is 41.3 Å². The van der Waals surface area contributed by atoms with Gasteiger partial charge in [-0.15, -0.1) is 11.8 Å². The molecule has 4 N–H and O–H groups in total. The molecule has 0 bridgehead atoms. The Labute approximate surface area is 176 Å². The van der Waals surface area contributed by atoms with Crippen molar-refractivity contribution in [3.63, 3.8) is 0 Å². The van der Waals surface area contributed by atoms with Crippen molar-refractivity contribution in [3.8, 4) is 0 Å². The quantitative estimate of drug-likeness (QED) is 0.197. The number of rotatable bonds is 6. The number of nitrogen functional groups attached to an aromatic ring is 1. The Balaban J connectivity index is 1.51. The fraction of sp³-hybridized carbons (Fsp3) is 0.400. The maximum absolute atomic E-state index is 12.8. The molecule has 2 saturated heterocycles. The van der Waals surface area contributed by atoms with E-state index in [1.807, 2.05) is 0 Å². The topological polar surface area (TPSA) is 186 Å². The number of carboxylic acids is 1. The van der Waals surface area contributed by atoms with Gasteiger partial charge in [-0.3, -0.25) is 14.5 Å². The Kier molecular flexibility index (Phi) is 5.29. The molecule has 3 aliphatic rings. The van der Waals surface area contributed by atoms with Crippen LogP contribution in [-0.2, 0) is 28.8 Å². The lowest BCUT2D eigenvalue weighted by molar-refractivity contribution is -0.150. The minimum absolute atomic E-state index is 0.0794. The molecule has 2 amide bonds. The lowest BCUT2D eigenvalue weighted by atomic mass is 10.0. The smallest absolute Gasteiger partial charge is 0.352 e. The first-order valence-corrected chi connectivity index (χ1v) is 10.4. The van der Waals surface area contributed by atoms with Crippen LogP contribution in [0.3, 0.4) is 0 Å². The molecule has 0 aromatic carbocycles. The summed E-state index contributed by atoms with van der Waals surface area (Å²) < 4.78 is 8.69. The van der Waals surface area contributed by atoms with Gasteiger partial charge >= 0.3 is 11.9 Å². The molecule has 0 radical (unpaired) electrons. The fourth-order valence-corrected chi connectivity index (χ4v) is 4.58. The van der Waals surface area contributed by atoms with E-state index in [9.17, 15) is 24.3 Å². The summed E-state index contributed by atoms with van der Waals surface area (Å²) in [5.41, 5.74) is 5.07. The van der Waals surface area contributed by atoms with Gasteiger partial charge in [0.05, 0.1) is 6.61 Å². The van der Waals surface area contributed by atoms with E-state index in [1.165, 1.54) is 17.8 Å². The number of aliphatic carboxylic acids is 1. The number of hydrogen-bond donors (Lipinski definition) is 3. The Morgan fingerprint density at radius 1 is 1.43 bits per heavy atom. The van der Waals surface area contributed by atoms with Crippen molar-refractivity contribution in [1.82, 2.24) is 19.6 Å². The number of thioether (sulfide) groups is 1. The van der Waals surface area contributed by atoms with Crippen LogP contribution in [0.15, 0.2) is 16.9 Å². The molecule has 158 valence electrons. The molecule has 30 heavy (non-hydrogen) atoms. The van der Waals surface area contributed by atoms with Crippen LogP contribution < -0.4 is 11.1 Å². The number of aromatic nitrogens is 2. The monoisotopic (exact) mass is 454 g/mol. The van der Waals surface area contributed by atoms with E-state index in [-0.39, 0.29) is 35.4 Å². The zero-order valence-electron chi connectivity index (χ0n) is 15.0. The van der Waals surface area contributed by atoms with E-state index in [4.69, 9.17) is 15.3 Å². The third-order valence-electron chi connectivity index (χ3n) is 4.38. The van der Waals surface area contributed by atoms with E-state index >= 15 is 0 Å². The minimum Gasteiger partial charge on any atom is -0.477 e. The second kappa shape index (κ2) is 7.91. The average Bonchev–Trinajstić information content (AvgIpc) is 3.33. The second-order valence-electron chi connectivity index (χ2n) is 6.22. The number of carbonyl (C=O) groups excluding carboxylic acids is 3. The standard InChI is InChI=1S/C15H14N6O7S2/c16-15-18-9(20-30-15)7(19-28-6-1-3-27-14(6)26)10(22)17-8-11(23)21-5(13(24)25)2-4-29-12(8)21/h2,6,8,12H,1,3-4H2,(H,17,22)(H,24,25)(H2,16,18,20)/t6?,8?,12-/m0/s1. The summed E-state index contributed by atoms with van der Waals surface area (Å²) in [6, 6.07) is -0.969. The first-order valence-electron chi connectivity index (χ1n) is 8.56. The zero-order chi connectivity index (χ0) is 21.4. The number of carbonyl (C=O) groups is 4. The molecule has 4 heterocycles. The number of fused-ring (bicyclic) bond motifs is 1. The molecule has 0 saturated carbocycles. The third-order valence-corrected chi connectivity index (χ3v) is 6.11. The maximum atomic E-state index is 12.8. The molecule has 1 aromatic rings. The van der Waals surface area contributed by atoms with Crippen molar-refractivity contribution in [2.24, 2.45) is 5.16 Å². The number of carboxylic acid groups (broad SMARTS) is 1. The summed E-state index contributed by atoms with van der Waals surface area (Å²) >= 11 is 2.13. The Bertz CT molecular complexity index is 992. The Morgan fingerprint density at radius 2 is 2.23 bits per heavy atom. The Hall–Kier alpha value is -3.20. The lowest BCUT2D eigenvalue weighted by Gasteiger charge is -2.48. The SMILES string of the molecule is Nc1nc(C(=NOC2CCOC2=O)C(=O)NC2C(=O)N3C(C(=O)O)=CCS[C@@H]23)ns1. The number of ether oxygens (including phenoxy) is 1. The highest BCUT2D eigenvalue weighted by Gasteiger charge is 2.53. The van der Waals surface area contributed by atoms with Gasteiger partial charge in [-0.05, 0) is 6.08 Å². The first kappa shape index (κ1) is 20.1. The van der Waals surface area contributed by atoms with E-state index in [1.54, 1.807) is 0 Å². The molecule has 1 aromatic heterocycles. The lowest BCUT2D eigenvalue weighted by Crippen LogP contribution is -2.70. The molecule has 3 aliphatic heterocycles. The molecule has 2 unspecified atom stereocenters. The average molecular weight is 454 g/mol. The Morgan fingerprint density at radius 3 is 2.87 bits per heavy atom. The number of hydrogen-bond acceptors (Lipinski definition) is 12. The van der Waals surface area contributed by atoms with Crippen LogP contribution in [0.4, 0.5) is 5.13 Å². The summed E-state index contributed by atoms with van der Waals surface area (Å²) in [6.07, 6.45) is 0.730. The van der Waals surface area contributed by atoms with E-state index in [2.05, 4.69) is 19.8 Å². The molecular weight excluding hydrogens is 440 g/mol. The van der Waals surface area contributed by atoms with Crippen LogP contribution in [0.2, 0.25) is 0 Å². The van der Waals surface area contributed by atoms with Crippen molar-refractivity contribution >= 4 is 57.9 Å². The van der Waals surface area contributed by atoms with Gasteiger partial charge in [0, 0.05) is 23.7 Å². The number of β-lactam (4-membered cyclic amide) rings is 1. The largest absolute Gasteiger partial charge is 0.477 e. The molecule has 0 aliphatic carbocycles. The van der Waals surface area contributed by atoms with E-state index in [0.717, 1.165) is 16.4 Å². The predicted molar refractivity (Wildman–Crippen MR) is 102 cm³/mol. The highest BCUT2D eigenvalue weighted by atomic mass is 32.2. The second-order valence-corrected chi connectivity index (χ2v) is 8.16. The van der Waals surface area contributed by atoms with Crippen molar-refractivity contribution < 1.29 is 33.9 Å². The number of anilines is 1. The van der Waals surface area contributed by atoms with Gasteiger partial charge in [-0.1, -0.05) is 5.16 Å². The van der Waals surface area contributed by atoms with Crippen LogP contribution >= 0.6 is 23.3 Å². The molecule has 15 heteroatoms. The van der Waals surface area contributed by atoms with Crippen LogP contribution in [0.25, 0.3) is 0 Å². The van der Waals surface area contributed by atoms with Gasteiger partial charge in [0.15, 0.2) is 5.13 Å². The number of amides is 2. The van der Waals surface area contributed by atoms with Crippen molar-refractivity contribution in [3.05, 3.63) is 17.6 Å². The summed E-state index contributed by atoms with van der Waals surface area (Å²) in [7, 11) is 0. The molecule has 3 atom stereocenters. The van der Waals surface area contributed by atoms with Crippen LogP contribution in [0.5, 0.6) is 0 Å². The van der Waals surface area contributed by atoms with Crippen molar-refractivity contribution in [2.45, 2.75) is 23.9 Å². The number of esters is 1. The minimum atomic E-state index is -1.22. The molecule has 2 fully saturated rings. The summed E-state index contributed by atoms with van der Waals surface area (Å²) in [5, 5.41) is 15.0. The summed E-state index contributed by atoms with van der Waals surface area (Å²) in [5.74, 6) is -2.99. The number of nitrogens with two attached hydrogens (primary N) is 1. The molecule has 0 spiro atoms. The number of cyclic esters (lactones) is 1. The van der Waals surface area contributed by atoms with Gasteiger partial charge in [-0.2, -0.15) is 9.36 Å². The predicted octanol–water partition coefficient (Wildman–Crippen LogP) is -1.48. The van der Waals surface area contributed by atoms with Crippen LogP contribution in [-0.4, -0.2) is 78.7 Å². The van der Waals surface area contributed by atoms with Crippen molar-refractivity contribution in [1.29, 1.82) is 0 Å². The maximum Gasteiger partial charge on any atom is 0.352 e. The van der Waals surface area contributed by atoms with Gasteiger partial charge in [0.25, 0.3) is 11.8 Å². The van der Waals surface area contributed by atoms with Gasteiger partial charge in [0.2, 0.25) is 17.6 Å². The summed E-state index contributed by atoms with van der Waals surface area (Å²) in [4.78, 5) is 58.2. The first-order chi connectivity index (χ1) is 14.4. The van der Waals surface area contributed by atoms with E-state index in [0.29, 0.717) is 5.75 Å². The number of oxime groups is 1. The molecular formula is C15H14N6O7S2. The summed E-state index contributed by atoms with van der Waals surface area (Å²) in [6.45, 7) is 0.174. The highest BCUT2D eigenvalue weighted by Crippen LogP contribution is 2.37. The van der Waals surface area contributed by atoms with Gasteiger partial charge in [-0.25, -0.2) is 9.59 Å². The van der Waals surface area contributed by atoms with Crippen LogP contribution in [0, 0.1) is 0 Å². The normalized spacial score (nSPS) is 25.7. The van der Waals surface area contributed by atoms with Gasteiger partial charge < -0.3 is 25.7 Å². The van der Waals surface area contributed by atoms with Crippen molar-refractivity contribution in [2.75, 3.05) is 18.1 Å².